The minimum atomic E-state index is -3.67. The molecule has 1 heterocycles. The van der Waals surface area contributed by atoms with Crippen molar-refractivity contribution in [3.05, 3.63) is 59.8 Å². The van der Waals surface area contributed by atoms with Gasteiger partial charge < -0.3 is 11.1 Å². The van der Waals surface area contributed by atoms with Crippen molar-refractivity contribution in [2.24, 2.45) is 0 Å². The van der Waals surface area contributed by atoms with Gasteiger partial charge in [0.25, 0.3) is 10.1 Å². The van der Waals surface area contributed by atoms with E-state index in [1.54, 1.807) is 0 Å². The van der Waals surface area contributed by atoms with E-state index in [1.807, 2.05) is 31.2 Å². The zero-order valence-electron chi connectivity index (χ0n) is 14.3. The Morgan fingerprint density at radius 3 is 2.24 bits per heavy atom. The van der Waals surface area contributed by atoms with Gasteiger partial charge in [-0.05, 0) is 50.2 Å². The summed E-state index contributed by atoms with van der Waals surface area (Å²) < 4.78 is 25.9. The average Bonchev–Trinajstić information content (AvgIpc) is 2.48. The molecular weight excluding hydrogens is 338 g/mol. The molecule has 4 N–H and O–H groups in total. The van der Waals surface area contributed by atoms with Crippen molar-refractivity contribution in [3.8, 4) is 0 Å². The maximum Gasteiger partial charge on any atom is 0.261 e. The van der Waals surface area contributed by atoms with Crippen LogP contribution in [0.25, 0.3) is 10.9 Å². The van der Waals surface area contributed by atoms with Crippen molar-refractivity contribution in [1.29, 1.82) is 0 Å². The summed E-state index contributed by atoms with van der Waals surface area (Å²) >= 11 is 0. The zero-order valence-corrected chi connectivity index (χ0v) is 15.1. The van der Waals surface area contributed by atoms with Crippen LogP contribution >= 0.6 is 0 Å². The number of aromatic nitrogens is 1. The molecule has 0 radical (unpaired) electrons. The number of hydrogen-bond donors (Lipinski definition) is 3. The fraction of sp³-hybridized carbons (Fsp3) is 0.167. The summed E-state index contributed by atoms with van der Waals surface area (Å²) in [6, 6.07) is 16.2. The number of fused-ring (bicyclic) bond motifs is 1. The first-order valence-electron chi connectivity index (χ1n) is 7.55. The summed E-state index contributed by atoms with van der Waals surface area (Å²) in [4.78, 5) is 4.54. The molecule has 3 aromatic rings. The quantitative estimate of drug-likeness (QED) is 0.476. The van der Waals surface area contributed by atoms with Crippen LogP contribution in [0.3, 0.4) is 0 Å². The van der Waals surface area contributed by atoms with Gasteiger partial charge in [-0.15, -0.1) is 0 Å². The van der Waals surface area contributed by atoms with Crippen LogP contribution in [-0.2, 0) is 10.1 Å². The highest BCUT2D eigenvalue weighted by molar-refractivity contribution is 7.85. The Balaban J connectivity index is 0.000000399. The fourth-order valence-corrected chi connectivity index (χ4v) is 2.27. The number of aryl methyl sites for hydroxylation is 2. The van der Waals surface area contributed by atoms with E-state index in [1.165, 1.54) is 5.56 Å². The lowest BCUT2D eigenvalue weighted by Crippen LogP contribution is -1.95. The molecule has 132 valence electrons. The topological polar surface area (TPSA) is 105 Å². The van der Waals surface area contributed by atoms with Crippen molar-refractivity contribution in [3.63, 3.8) is 0 Å². The van der Waals surface area contributed by atoms with E-state index in [0.717, 1.165) is 33.7 Å². The van der Waals surface area contributed by atoms with E-state index >= 15 is 0 Å². The molecule has 0 aliphatic carbocycles. The molecule has 25 heavy (non-hydrogen) atoms. The number of nitrogen functional groups attached to an aromatic ring is 1. The monoisotopic (exact) mass is 359 g/mol. The van der Waals surface area contributed by atoms with E-state index in [-0.39, 0.29) is 0 Å². The fourth-order valence-electron chi connectivity index (χ4n) is 2.27. The molecule has 2 aromatic carbocycles. The molecule has 0 atom stereocenters. The van der Waals surface area contributed by atoms with Crippen LogP contribution in [0.4, 0.5) is 17.1 Å². The Morgan fingerprint density at radius 2 is 1.64 bits per heavy atom. The molecule has 0 unspecified atom stereocenters. The second kappa shape index (κ2) is 7.50. The van der Waals surface area contributed by atoms with Crippen molar-refractivity contribution in [2.75, 3.05) is 17.3 Å². The van der Waals surface area contributed by atoms with Gasteiger partial charge in [0.2, 0.25) is 0 Å². The van der Waals surface area contributed by atoms with Gasteiger partial charge in [0.05, 0.1) is 11.8 Å². The molecule has 0 amide bonds. The number of rotatable bonds is 2. The highest BCUT2D eigenvalue weighted by Crippen LogP contribution is 2.28. The van der Waals surface area contributed by atoms with Crippen molar-refractivity contribution >= 4 is 38.1 Å². The number of nitrogens with one attached hydrogen (secondary N) is 1. The summed E-state index contributed by atoms with van der Waals surface area (Å²) in [6.45, 7) is 4.08. The van der Waals surface area contributed by atoms with Gasteiger partial charge >= 0.3 is 0 Å². The van der Waals surface area contributed by atoms with Gasteiger partial charge in [0, 0.05) is 28.1 Å². The molecule has 7 heteroatoms. The Hall–Kier alpha value is -2.64. The molecule has 1 aromatic heterocycles. The van der Waals surface area contributed by atoms with E-state index in [9.17, 15) is 8.42 Å². The second-order valence-corrected chi connectivity index (χ2v) is 7.28. The van der Waals surface area contributed by atoms with Gasteiger partial charge in [-0.25, -0.2) is 0 Å². The first kappa shape index (κ1) is 18.7. The van der Waals surface area contributed by atoms with Gasteiger partial charge in [0.1, 0.15) is 0 Å². The van der Waals surface area contributed by atoms with Gasteiger partial charge in [0.15, 0.2) is 0 Å². The minimum absolute atomic E-state index is 0.715. The normalized spacial score (nSPS) is 10.9. The van der Waals surface area contributed by atoms with Crippen LogP contribution in [0.5, 0.6) is 0 Å². The Kier molecular flexibility index (Phi) is 5.61. The molecule has 3 rings (SSSR count). The van der Waals surface area contributed by atoms with Crippen LogP contribution < -0.4 is 11.1 Å². The van der Waals surface area contributed by atoms with Crippen molar-refractivity contribution in [1.82, 2.24) is 4.98 Å². The van der Waals surface area contributed by atoms with E-state index in [4.69, 9.17) is 10.3 Å². The number of anilines is 3. The standard InChI is InChI=1S/C17H17N3.CH4O3S/c1-11-3-6-14(7-4-11)20-17-9-12(2)19-16-8-5-13(18)10-15(16)17;1-5(2,3)4/h3-10H,18H2,1-2H3,(H,19,20);1H3,(H,2,3,4). The molecule has 0 aliphatic rings. The average molecular weight is 359 g/mol. The highest BCUT2D eigenvalue weighted by Gasteiger charge is 2.05. The number of benzene rings is 2. The first-order valence-corrected chi connectivity index (χ1v) is 9.40. The second-order valence-electron chi connectivity index (χ2n) is 5.81. The molecule has 0 aliphatic heterocycles. The van der Waals surface area contributed by atoms with Crippen LogP contribution in [-0.4, -0.2) is 24.2 Å². The molecule has 0 fully saturated rings. The number of pyridine rings is 1. The van der Waals surface area contributed by atoms with Crippen LogP contribution in [0.1, 0.15) is 11.3 Å². The lowest BCUT2D eigenvalue weighted by molar-refractivity contribution is 0.490. The van der Waals surface area contributed by atoms with Gasteiger partial charge in [-0.2, -0.15) is 8.42 Å². The van der Waals surface area contributed by atoms with E-state index < -0.39 is 10.1 Å². The summed E-state index contributed by atoms with van der Waals surface area (Å²) in [5.74, 6) is 0. The third-order valence-corrected chi connectivity index (χ3v) is 3.29. The molecular formula is C18H21N3O3S. The number of nitrogens with two attached hydrogens (primary N) is 1. The van der Waals surface area contributed by atoms with Crippen molar-refractivity contribution in [2.45, 2.75) is 13.8 Å². The maximum absolute atomic E-state index is 9.19. The van der Waals surface area contributed by atoms with E-state index in [2.05, 4.69) is 41.5 Å². The molecule has 0 bridgehead atoms. The lowest BCUT2D eigenvalue weighted by Gasteiger charge is -2.11. The summed E-state index contributed by atoms with van der Waals surface area (Å²) in [5.41, 5.74) is 11.9. The smallest absolute Gasteiger partial charge is 0.261 e. The highest BCUT2D eigenvalue weighted by atomic mass is 32.2. The van der Waals surface area contributed by atoms with Crippen LogP contribution in [0, 0.1) is 13.8 Å². The molecule has 6 nitrogen and oxygen atoms in total. The molecule has 0 saturated carbocycles. The summed E-state index contributed by atoms with van der Waals surface area (Å²) in [5, 5.41) is 4.48. The third-order valence-electron chi connectivity index (χ3n) is 3.29. The van der Waals surface area contributed by atoms with Gasteiger partial charge in [-0.1, -0.05) is 17.7 Å². The zero-order chi connectivity index (χ0) is 18.6. The molecule has 0 saturated heterocycles. The number of nitrogens with zero attached hydrogens (tertiary/aromatic N) is 1. The predicted molar refractivity (Wildman–Crippen MR) is 103 cm³/mol. The largest absolute Gasteiger partial charge is 0.399 e. The van der Waals surface area contributed by atoms with E-state index in [0.29, 0.717) is 6.26 Å². The predicted octanol–water partition coefficient (Wildman–Crippen LogP) is 3.68. The Labute approximate surface area is 147 Å². The molecule has 0 spiro atoms. The van der Waals surface area contributed by atoms with Gasteiger partial charge in [-0.3, -0.25) is 9.54 Å². The Morgan fingerprint density at radius 1 is 1.04 bits per heavy atom. The third kappa shape index (κ3) is 6.06. The van der Waals surface area contributed by atoms with Crippen molar-refractivity contribution < 1.29 is 13.0 Å². The summed E-state index contributed by atoms with van der Waals surface area (Å²) in [6.07, 6.45) is 0.715. The number of hydrogen-bond acceptors (Lipinski definition) is 5. The SMILES string of the molecule is CS(=O)(=O)O.Cc1ccc(Nc2cc(C)nc3ccc(N)cc23)cc1. The lowest BCUT2D eigenvalue weighted by atomic mass is 10.1. The Bertz CT molecular complexity index is 976. The van der Waals surface area contributed by atoms with Crippen LogP contribution in [0.2, 0.25) is 0 Å². The first-order chi connectivity index (χ1) is 11.6. The summed E-state index contributed by atoms with van der Waals surface area (Å²) in [7, 11) is -3.67. The maximum atomic E-state index is 9.19. The minimum Gasteiger partial charge on any atom is -0.399 e. The van der Waals surface area contributed by atoms with Crippen LogP contribution in [0.15, 0.2) is 48.5 Å².